The summed E-state index contributed by atoms with van der Waals surface area (Å²) in [6.45, 7) is 8.94. The number of amides is 2. The summed E-state index contributed by atoms with van der Waals surface area (Å²) < 4.78 is 0. The predicted octanol–water partition coefficient (Wildman–Crippen LogP) is 1.09. The molecular weight excluding hydrogens is 216 g/mol. The van der Waals surface area contributed by atoms with Crippen molar-refractivity contribution in [2.75, 3.05) is 13.1 Å². The van der Waals surface area contributed by atoms with E-state index in [0.29, 0.717) is 25.4 Å². The second-order valence-corrected chi connectivity index (χ2v) is 4.96. The van der Waals surface area contributed by atoms with Crippen molar-refractivity contribution in [2.24, 2.45) is 17.8 Å². The molecule has 0 radical (unpaired) electrons. The molecule has 96 valence electrons. The highest BCUT2D eigenvalue weighted by molar-refractivity contribution is 5.92. The lowest BCUT2D eigenvalue weighted by atomic mass is 10.1. The van der Waals surface area contributed by atoms with Gasteiger partial charge in [-0.05, 0) is 18.8 Å². The topological polar surface area (TPSA) is 58.2 Å². The highest BCUT2D eigenvalue weighted by atomic mass is 16.2. The van der Waals surface area contributed by atoms with Gasteiger partial charge in [0.25, 0.3) is 0 Å². The molecule has 1 rings (SSSR count). The van der Waals surface area contributed by atoms with Gasteiger partial charge in [0.05, 0.1) is 11.8 Å². The number of hydrogen-bond acceptors (Lipinski definition) is 2. The summed E-state index contributed by atoms with van der Waals surface area (Å²) in [7, 11) is 0. The Morgan fingerprint density at radius 1 is 1.29 bits per heavy atom. The second kappa shape index (κ2) is 6.42. The van der Waals surface area contributed by atoms with Gasteiger partial charge in [-0.25, -0.2) is 0 Å². The van der Waals surface area contributed by atoms with Crippen molar-refractivity contribution in [1.29, 1.82) is 0 Å². The normalized spacial score (nSPS) is 22.1. The Morgan fingerprint density at radius 3 is 2.41 bits per heavy atom. The standard InChI is InChI=1S/C13H22N2O2/c1-4-6-14-12(16)10-8-11(10)13(17)15-7-5-9(2)3/h4,9-11H,1,5-8H2,2-3H3,(H,14,16)(H,15,17). The van der Waals surface area contributed by atoms with Crippen LogP contribution in [-0.4, -0.2) is 24.9 Å². The first kappa shape index (κ1) is 13.7. The molecule has 2 amide bonds. The number of carbonyl (C=O) groups is 2. The maximum atomic E-state index is 11.7. The lowest BCUT2D eigenvalue weighted by Crippen LogP contribution is -2.31. The van der Waals surface area contributed by atoms with Crippen molar-refractivity contribution in [2.45, 2.75) is 26.7 Å². The van der Waals surface area contributed by atoms with E-state index >= 15 is 0 Å². The molecule has 4 heteroatoms. The highest BCUT2D eigenvalue weighted by Gasteiger charge is 2.47. The maximum Gasteiger partial charge on any atom is 0.224 e. The summed E-state index contributed by atoms with van der Waals surface area (Å²) in [5.41, 5.74) is 0. The summed E-state index contributed by atoms with van der Waals surface area (Å²) in [4.78, 5) is 23.2. The van der Waals surface area contributed by atoms with Gasteiger partial charge in [-0.1, -0.05) is 19.9 Å². The van der Waals surface area contributed by atoms with Crippen molar-refractivity contribution >= 4 is 11.8 Å². The van der Waals surface area contributed by atoms with Gasteiger partial charge in [0.15, 0.2) is 0 Å². The molecule has 0 heterocycles. The molecule has 2 N–H and O–H groups in total. The quantitative estimate of drug-likeness (QED) is 0.652. The van der Waals surface area contributed by atoms with Gasteiger partial charge in [0, 0.05) is 13.1 Å². The van der Waals surface area contributed by atoms with Crippen LogP contribution in [0.25, 0.3) is 0 Å². The van der Waals surface area contributed by atoms with Crippen molar-refractivity contribution < 1.29 is 9.59 Å². The number of hydrogen-bond donors (Lipinski definition) is 2. The van der Waals surface area contributed by atoms with E-state index in [1.807, 2.05) is 0 Å². The molecule has 1 fully saturated rings. The zero-order valence-corrected chi connectivity index (χ0v) is 10.7. The monoisotopic (exact) mass is 238 g/mol. The molecule has 17 heavy (non-hydrogen) atoms. The number of rotatable bonds is 7. The SMILES string of the molecule is C=CCNC(=O)C1CC1C(=O)NCCC(C)C. The molecule has 0 aromatic heterocycles. The molecule has 0 bridgehead atoms. The molecule has 0 aromatic rings. The fourth-order valence-corrected chi connectivity index (χ4v) is 1.69. The first-order valence-corrected chi connectivity index (χ1v) is 6.22. The van der Waals surface area contributed by atoms with Crippen LogP contribution in [0.2, 0.25) is 0 Å². The van der Waals surface area contributed by atoms with Crippen molar-refractivity contribution in [1.82, 2.24) is 10.6 Å². The Hall–Kier alpha value is -1.32. The van der Waals surface area contributed by atoms with Crippen molar-refractivity contribution in [3.8, 4) is 0 Å². The van der Waals surface area contributed by atoms with Gasteiger partial charge >= 0.3 is 0 Å². The molecule has 1 aliphatic rings. The summed E-state index contributed by atoms with van der Waals surface area (Å²) in [6.07, 6.45) is 3.29. The van der Waals surface area contributed by atoms with Crippen LogP contribution >= 0.6 is 0 Å². The third-order valence-electron chi connectivity index (χ3n) is 2.91. The van der Waals surface area contributed by atoms with E-state index in [2.05, 4.69) is 31.1 Å². The lowest BCUT2D eigenvalue weighted by Gasteiger charge is -2.06. The smallest absolute Gasteiger partial charge is 0.224 e. The average molecular weight is 238 g/mol. The van der Waals surface area contributed by atoms with Crippen molar-refractivity contribution in [3.05, 3.63) is 12.7 Å². The van der Waals surface area contributed by atoms with E-state index < -0.39 is 0 Å². The van der Waals surface area contributed by atoms with Crippen molar-refractivity contribution in [3.63, 3.8) is 0 Å². The van der Waals surface area contributed by atoms with E-state index in [1.165, 1.54) is 0 Å². The summed E-state index contributed by atoms with van der Waals surface area (Å²) >= 11 is 0. The minimum Gasteiger partial charge on any atom is -0.356 e. The predicted molar refractivity (Wildman–Crippen MR) is 67.3 cm³/mol. The largest absolute Gasteiger partial charge is 0.356 e. The van der Waals surface area contributed by atoms with E-state index in [1.54, 1.807) is 6.08 Å². The van der Waals surface area contributed by atoms with Crippen LogP contribution in [0.5, 0.6) is 0 Å². The minimum atomic E-state index is -0.131. The van der Waals surface area contributed by atoms with E-state index in [9.17, 15) is 9.59 Å². The van der Waals surface area contributed by atoms with Crippen LogP contribution in [0.4, 0.5) is 0 Å². The first-order valence-electron chi connectivity index (χ1n) is 6.22. The molecule has 0 saturated heterocycles. The Balaban J connectivity index is 2.19. The van der Waals surface area contributed by atoms with E-state index in [4.69, 9.17) is 0 Å². The van der Waals surface area contributed by atoms with Crippen LogP contribution in [0.15, 0.2) is 12.7 Å². The van der Waals surface area contributed by atoms with E-state index in [-0.39, 0.29) is 23.7 Å². The van der Waals surface area contributed by atoms with Crippen LogP contribution in [0.3, 0.4) is 0 Å². The van der Waals surface area contributed by atoms with Gasteiger partial charge < -0.3 is 10.6 Å². The molecule has 1 saturated carbocycles. The van der Waals surface area contributed by atoms with Crippen LogP contribution in [0, 0.1) is 17.8 Å². The van der Waals surface area contributed by atoms with Gasteiger partial charge in [-0.15, -0.1) is 6.58 Å². The zero-order chi connectivity index (χ0) is 12.8. The van der Waals surface area contributed by atoms with Gasteiger partial charge in [0.2, 0.25) is 11.8 Å². The summed E-state index contributed by atoms with van der Waals surface area (Å²) in [6, 6.07) is 0. The fourth-order valence-electron chi connectivity index (χ4n) is 1.69. The summed E-state index contributed by atoms with van der Waals surface area (Å²) in [5, 5.41) is 5.59. The lowest BCUT2D eigenvalue weighted by molar-refractivity contribution is -0.127. The third kappa shape index (κ3) is 4.59. The maximum absolute atomic E-state index is 11.7. The fraction of sp³-hybridized carbons (Fsp3) is 0.692. The summed E-state index contributed by atoms with van der Waals surface area (Å²) in [5.74, 6) is 0.320. The first-order chi connectivity index (χ1) is 8.06. The molecule has 1 aliphatic carbocycles. The van der Waals surface area contributed by atoms with Gasteiger partial charge in [-0.3, -0.25) is 9.59 Å². The Bertz CT molecular complexity index is 300. The van der Waals surface area contributed by atoms with Crippen LogP contribution < -0.4 is 10.6 Å². The molecule has 0 aliphatic heterocycles. The molecule has 0 spiro atoms. The van der Waals surface area contributed by atoms with Crippen LogP contribution in [-0.2, 0) is 9.59 Å². The Morgan fingerprint density at radius 2 is 1.88 bits per heavy atom. The Kier molecular flexibility index (Phi) is 5.19. The second-order valence-electron chi connectivity index (χ2n) is 4.96. The molecule has 0 aromatic carbocycles. The average Bonchev–Trinajstić information content (AvgIpc) is 3.05. The molecule has 4 nitrogen and oxygen atoms in total. The number of carbonyl (C=O) groups excluding carboxylic acids is 2. The molecule has 2 unspecified atom stereocenters. The zero-order valence-electron chi connectivity index (χ0n) is 10.7. The Labute approximate surface area is 103 Å². The third-order valence-corrected chi connectivity index (χ3v) is 2.91. The van der Waals surface area contributed by atoms with E-state index in [0.717, 1.165) is 6.42 Å². The van der Waals surface area contributed by atoms with Gasteiger partial charge in [-0.2, -0.15) is 0 Å². The van der Waals surface area contributed by atoms with Crippen LogP contribution in [0.1, 0.15) is 26.7 Å². The number of nitrogens with one attached hydrogen (secondary N) is 2. The minimum absolute atomic E-state index is 0.0180. The highest BCUT2D eigenvalue weighted by Crippen LogP contribution is 2.38. The molecule has 2 atom stereocenters. The molecular formula is C13H22N2O2. The van der Waals surface area contributed by atoms with Gasteiger partial charge in [0.1, 0.15) is 0 Å².